The number of rotatable bonds is 0. The third-order valence-corrected chi connectivity index (χ3v) is 1.11. The van der Waals surface area contributed by atoms with Crippen LogP contribution in [0.2, 0.25) is 0 Å². The summed E-state index contributed by atoms with van der Waals surface area (Å²) in [6, 6.07) is 0. The predicted molar refractivity (Wildman–Crippen MR) is 53.2 cm³/mol. The molecule has 0 aliphatic heterocycles. The van der Waals surface area contributed by atoms with Crippen molar-refractivity contribution < 1.29 is 0 Å². The molecule has 0 aliphatic rings. The molecule has 0 radical (unpaired) electrons. The molecule has 1 aromatic heterocycles. The molecule has 1 heterocycles. The minimum atomic E-state index is 1.01. The molecule has 0 aliphatic carbocycles. The maximum Gasteiger partial charge on any atom is 0.0825 e. The Hall–Kier alpha value is -0.860. The van der Waals surface area contributed by atoms with Crippen molar-refractivity contribution >= 4 is 0 Å². The molecule has 0 N–H and O–H groups in total. The third-order valence-electron chi connectivity index (χ3n) is 1.11. The largest absolute Gasteiger partial charge is 0.188 e. The summed E-state index contributed by atoms with van der Waals surface area (Å²) in [5, 5.41) is 8.03. The minimum Gasteiger partial charge on any atom is -0.188 e. The lowest BCUT2D eigenvalue weighted by molar-refractivity contribution is 0.646. The summed E-state index contributed by atoms with van der Waals surface area (Å²) in [6.07, 6.45) is 0. The molecule has 0 spiro atoms. The van der Waals surface area contributed by atoms with Gasteiger partial charge in [0, 0.05) is 7.05 Å². The molecule has 72 valence electrons. The molecular formula is C9H21N3. The van der Waals surface area contributed by atoms with Gasteiger partial charge in [0.15, 0.2) is 0 Å². The standard InChI is InChI=1S/C5H9N3.2C2H6/c1-4-5(2)7-8(3)6-4;2*1-2/h1-3H3;2*1-2H3. The van der Waals surface area contributed by atoms with Crippen molar-refractivity contribution in [1.29, 1.82) is 0 Å². The van der Waals surface area contributed by atoms with Crippen LogP contribution in [0, 0.1) is 13.8 Å². The van der Waals surface area contributed by atoms with Gasteiger partial charge in [-0.15, -0.1) is 0 Å². The van der Waals surface area contributed by atoms with E-state index in [0.717, 1.165) is 11.4 Å². The Balaban J connectivity index is 0. The van der Waals surface area contributed by atoms with Crippen LogP contribution in [0.15, 0.2) is 0 Å². The Labute approximate surface area is 75.8 Å². The van der Waals surface area contributed by atoms with E-state index in [2.05, 4.69) is 10.2 Å². The molecule has 0 saturated heterocycles. The van der Waals surface area contributed by atoms with Gasteiger partial charge in [-0.1, -0.05) is 27.7 Å². The van der Waals surface area contributed by atoms with Crippen molar-refractivity contribution in [3.63, 3.8) is 0 Å². The van der Waals surface area contributed by atoms with Crippen molar-refractivity contribution in [3.05, 3.63) is 11.4 Å². The molecule has 12 heavy (non-hydrogen) atoms. The fourth-order valence-corrected chi connectivity index (χ4v) is 0.601. The maximum atomic E-state index is 4.02. The SMILES string of the molecule is CC.CC.Cc1nn(C)nc1C. The van der Waals surface area contributed by atoms with Gasteiger partial charge in [0.25, 0.3) is 0 Å². The second-order valence-electron chi connectivity index (χ2n) is 1.86. The van der Waals surface area contributed by atoms with Crippen LogP contribution in [0.1, 0.15) is 39.1 Å². The summed E-state index contributed by atoms with van der Waals surface area (Å²) in [7, 11) is 1.82. The minimum absolute atomic E-state index is 1.01. The quantitative estimate of drug-likeness (QED) is 0.600. The second kappa shape index (κ2) is 8.24. The number of hydrogen-bond donors (Lipinski definition) is 0. The van der Waals surface area contributed by atoms with E-state index >= 15 is 0 Å². The molecule has 1 rings (SSSR count). The molecule has 0 fully saturated rings. The number of hydrogen-bond acceptors (Lipinski definition) is 2. The lowest BCUT2D eigenvalue weighted by Crippen LogP contribution is -1.91. The zero-order valence-electron chi connectivity index (χ0n) is 9.34. The zero-order valence-corrected chi connectivity index (χ0v) is 9.34. The topological polar surface area (TPSA) is 30.7 Å². The number of aryl methyl sites for hydroxylation is 3. The van der Waals surface area contributed by atoms with Gasteiger partial charge in [-0.25, -0.2) is 0 Å². The van der Waals surface area contributed by atoms with Gasteiger partial charge in [-0.05, 0) is 13.8 Å². The first-order chi connectivity index (χ1) is 5.70. The molecule has 0 aromatic carbocycles. The van der Waals surface area contributed by atoms with E-state index in [1.807, 2.05) is 48.6 Å². The van der Waals surface area contributed by atoms with Gasteiger partial charge in [-0.2, -0.15) is 15.0 Å². The maximum absolute atomic E-state index is 4.02. The van der Waals surface area contributed by atoms with Crippen LogP contribution in [-0.2, 0) is 7.05 Å². The van der Waals surface area contributed by atoms with E-state index in [1.165, 1.54) is 0 Å². The van der Waals surface area contributed by atoms with Gasteiger partial charge in [0.05, 0.1) is 11.4 Å². The summed E-state index contributed by atoms with van der Waals surface area (Å²) >= 11 is 0. The average Bonchev–Trinajstić information content (AvgIpc) is 2.37. The van der Waals surface area contributed by atoms with E-state index < -0.39 is 0 Å². The van der Waals surface area contributed by atoms with Gasteiger partial charge >= 0.3 is 0 Å². The van der Waals surface area contributed by atoms with Crippen molar-refractivity contribution in [2.45, 2.75) is 41.5 Å². The lowest BCUT2D eigenvalue weighted by Gasteiger charge is -1.77. The Kier molecular flexibility index (Phi) is 9.41. The van der Waals surface area contributed by atoms with Gasteiger partial charge in [0.2, 0.25) is 0 Å². The highest BCUT2D eigenvalue weighted by Gasteiger charge is 1.94. The molecule has 0 bridgehead atoms. The molecule has 1 aromatic rings. The second-order valence-corrected chi connectivity index (χ2v) is 1.86. The number of nitrogens with zero attached hydrogens (tertiary/aromatic N) is 3. The Morgan fingerprint density at radius 2 is 1.08 bits per heavy atom. The molecule has 0 unspecified atom stereocenters. The van der Waals surface area contributed by atoms with Gasteiger partial charge < -0.3 is 0 Å². The Morgan fingerprint density at radius 1 is 0.833 bits per heavy atom. The zero-order chi connectivity index (χ0) is 10.1. The molecule has 3 nitrogen and oxygen atoms in total. The predicted octanol–water partition coefficient (Wildman–Crippen LogP) is 2.48. The highest BCUT2D eigenvalue weighted by Crippen LogP contribution is 1.94. The van der Waals surface area contributed by atoms with Gasteiger partial charge in [0.1, 0.15) is 0 Å². The highest BCUT2D eigenvalue weighted by atomic mass is 15.5. The van der Waals surface area contributed by atoms with E-state index in [-0.39, 0.29) is 0 Å². The van der Waals surface area contributed by atoms with Crippen LogP contribution < -0.4 is 0 Å². The summed E-state index contributed by atoms with van der Waals surface area (Å²) in [6.45, 7) is 11.9. The molecular weight excluding hydrogens is 150 g/mol. The lowest BCUT2D eigenvalue weighted by atomic mass is 10.4. The normalized spacial score (nSPS) is 7.58. The van der Waals surface area contributed by atoms with E-state index in [0.29, 0.717) is 0 Å². The Morgan fingerprint density at radius 3 is 1.17 bits per heavy atom. The highest BCUT2D eigenvalue weighted by molar-refractivity contribution is 5.02. The van der Waals surface area contributed by atoms with Crippen LogP contribution in [0.25, 0.3) is 0 Å². The summed E-state index contributed by atoms with van der Waals surface area (Å²) in [5.74, 6) is 0. The Bertz CT molecular complexity index is 172. The van der Waals surface area contributed by atoms with Crippen LogP contribution in [0.3, 0.4) is 0 Å². The third kappa shape index (κ3) is 4.88. The van der Waals surface area contributed by atoms with Crippen molar-refractivity contribution in [1.82, 2.24) is 15.0 Å². The van der Waals surface area contributed by atoms with Crippen LogP contribution in [0.4, 0.5) is 0 Å². The number of aromatic nitrogens is 3. The fourth-order valence-electron chi connectivity index (χ4n) is 0.601. The van der Waals surface area contributed by atoms with Crippen molar-refractivity contribution in [2.24, 2.45) is 7.05 Å². The molecule has 0 saturated carbocycles. The summed E-state index contributed by atoms with van der Waals surface area (Å²) < 4.78 is 0. The fraction of sp³-hybridized carbons (Fsp3) is 0.778. The average molecular weight is 171 g/mol. The van der Waals surface area contributed by atoms with Crippen LogP contribution >= 0.6 is 0 Å². The summed E-state index contributed by atoms with van der Waals surface area (Å²) in [4.78, 5) is 1.57. The first-order valence-corrected chi connectivity index (χ1v) is 4.54. The molecule has 0 atom stereocenters. The molecule has 0 amide bonds. The summed E-state index contributed by atoms with van der Waals surface area (Å²) in [5.41, 5.74) is 2.01. The first-order valence-electron chi connectivity index (χ1n) is 4.54. The van der Waals surface area contributed by atoms with E-state index in [1.54, 1.807) is 4.80 Å². The smallest absolute Gasteiger partial charge is 0.0825 e. The van der Waals surface area contributed by atoms with E-state index in [9.17, 15) is 0 Å². The van der Waals surface area contributed by atoms with Crippen molar-refractivity contribution in [2.75, 3.05) is 0 Å². The molecule has 3 heteroatoms. The first kappa shape index (κ1) is 13.7. The van der Waals surface area contributed by atoms with Crippen molar-refractivity contribution in [3.8, 4) is 0 Å². The van der Waals surface area contributed by atoms with E-state index in [4.69, 9.17) is 0 Å². The monoisotopic (exact) mass is 171 g/mol. The van der Waals surface area contributed by atoms with Crippen LogP contribution in [0.5, 0.6) is 0 Å². The van der Waals surface area contributed by atoms with Crippen LogP contribution in [-0.4, -0.2) is 15.0 Å². The van der Waals surface area contributed by atoms with Gasteiger partial charge in [-0.3, -0.25) is 0 Å².